The van der Waals surface area contributed by atoms with Crippen molar-refractivity contribution in [1.29, 1.82) is 0 Å². The Bertz CT molecular complexity index is 947. The minimum atomic E-state index is -0.854. The third kappa shape index (κ3) is 4.38. The molecule has 0 saturated carbocycles. The number of nitrogens with zero attached hydrogens (tertiary/aromatic N) is 2. The first-order valence-corrected chi connectivity index (χ1v) is 9.07. The zero-order valence-electron chi connectivity index (χ0n) is 14.7. The highest BCUT2D eigenvalue weighted by molar-refractivity contribution is 7.98. The molecule has 0 aliphatic heterocycles. The quantitative estimate of drug-likeness (QED) is 0.421. The fourth-order valence-corrected chi connectivity index (χ4v) is 3.19. The minimum absolute atomic E-state index is 0.434. The van der Waals surface area contributed by atoms with Crippen molar-refractivity contribution in [2.45, 2.75) is 31.7 Å². The van der Waals surface area contributed by atoms with E-state index in [4.69, 9.17) is 4.74 Å². The largest absolute Gasteiger partial charge is 0.439 e. The van der Waals surface area contributed by atoms with Crippen molar-refractivity contribution in [3.8, 4) is 11.6 Å². The van der Waals surface area contributed by atoms with Crippen LogP contribution in [0.5, 0.6) is 11.6 Å². The predicted octanol–water partition coefficient (Wildman–Crippen LogP) is 5.76. The number of thioether (sulfide) groups is 1. The van der Waals surface area contributed by atoms with Crippen LogP contribution in [0, 0.1) is 32.4 Å². The fraction of sp³-hybridized carbons (Fsp3) is 0.200. The number of hydrogen-bond acceptors (Lipinski definition) is 4. The normalized spacial score (nSPS) is 10.8. The van der Waals surface area contributed by atoms with Gasteiger partial charge in [0.05, 0.1) is 0 Å². The maximum atomic E-state index is 13.3. The summed E-state index contributed by atoms with van der Waals surface area (Å²) < 4.78 is 32.2. The fourth-order valence-electron chi connectivity index (χ4n) is 2.35. The molecular formula is C20H18F2N2OS. The summed E-state index contributed by atoms with van der Waals surface area (Å²) in [7, 11) is 0. The number of hydrogen-bond donors (Lipinski definition) is 0. The molecule has 1 heterocycles. The molecule has 0 radical (unpaired) electrons. The van der Waals surface area contributed by atoms with Crippen LogP contribution in [0.15, 0.2) is 47.6 Å². The summed E-state index contributed by atoms with van der Waals surface area (Å²) in [5, 5.41) is 0.523. The van der Waals surface area contributed by atoms with Gasteiger partial charge in [-0.3, -0.25) is 0 Å². The smallest absolute Gasteiger partial charge is 0.223 e. The molecule has 0 unspecified atom stereocenters. The number of aromatic nitrogens is 2. The Morgan fingerprint density at radius 3 is 2.54 bits per heavy atom. The molecule has 0 bridgehead atoms. The van der Waals surface area contributed by atoms with E-state index in [-0.39, 0.29) is 0 Å². The number of ether oxygens (including phenoxy) is 1. The van der Waals surface area contributed by atoms with Crippen molar-refractivity contribution >= 4 is 11.8 Å². The first-order chi connectivity index (χ1) is 12.4. The van der Waals surface area contributed by atoms with Crippen molar-refractivity contribution in [3.05, 3.63) is 76.5 Å². The molecule has 1 aromatic heterocycles. The number of halogens is 2. The van der Waals surface area contributed by atoms with E-state index in [1.165, 1.54) is 17.8 Å². The third-order valence-corrected chi connectivity index (χ3v) is 4.85. The minimum Gasteiger partial charge on any atom is -0.439 e. The van der Waals surface area contributed by atoms with Crippen LogP contribution in [0.1, 0.15) is 22.4 Å². The number of benzene rings is 2. The lowest BCUT2D eigenvalue weighted by molar-refractivity contribution is 0.451. The van der Waals surface area contributed by atoms with Crippen molar-refractivity contribution < 1.29 is 13.5 Å². The Labute approximate surface area is 155 Å². The van der Waals surface area contributed by atoms with Crippen molar-refractivity contribution in [2.24, 2.45) is 0 Å². The molecule has 6 heteroatoms. The van der Waals surface area contributed by atoms with Gasteiger partial charge < -0.3 is 4.74 Å². The highest BCUT2D eigenvalue weighted by Gasteiger charge is 2.09. The van der Waals surface area contributed by atoms with E-state index in [9.17, 15) is 8.78 Å². The standard InChI is InChI=1S/C20H18F2N2OS/c1-12-5-4-6-18(14(12)3)25-19-9-13(2)23-20(24-19)26-11-15-7-8-16(21)17(22)10-15/h4-10H,11H2,1-3H3. The molecule has 0 saturated heterocycles. The van der Waals surface area contributed by atoms with Crippen LogP contribution in [0.2, 0.25) is 0 Å². The lowest BCUT2D eigenvalue weighted by atomic mass is 10.1. The first kappa shape index (κ1) is 18.3. The number of aryl methyl sites for hydroxylation is 2. The van der Waals surface area contributed by atoms with Gasteiger partial charge in [-0.25, -0.2) is 13.8 Å². The summed E-state index contributed by atoms with van der Waals surface area (Å²) in [5.41, 5.74) is 3.63. The number of rotatable bonds is 5. The molecule has 0 atom stereocenters. The van der Waals surface area contributed by atoms with E-state index in [1.807, 2.05) is 39.0 Å². The Morgan fingerprint density at radius 1 is 0.962 bits per heavy atom. The monoisotopic (exact) mass is 372 g/mol. The highest BCUT2D eigenvalue weighted by Crippen LogP contribution is 2.28. The maximum Gasteiger partial charge on any atom is 0.223 e. The van der Waals surface area contributed by atoms with Crippen LogP contribution in [-0.4, -0.2) is 9.97 Å². The molecule has 0 fully saturated rings. The summed E-state index contributed by atoms with van der Waals surface area (Å²) in [4.78, 5) is 8.79. The molecule has 26 heavy (non-hydrogen) atoms. The van der Waals surface area contributed by atoms with E-state index in [0.717, 1.165) is 28.6 Å². The zero-order chi connectivity index (χ0) is 18.7. The Kier molecular flexibility index (Phi) is 5.52. The van der Waals surface area contributed by atoms with Gasteiger partial charge in [-0.05, 0) is 55.7 Å². The van der Waals surface area contributed by atoms with Gasteiger partial charge in [-0.2, -0.15) is 4.98 Å². The predicted molar refractivity (Wildman–Crippen MR) is 98.7 cm³/mol. The van der Waals surface area contributed by atoms with E-state index >= 15 is 0 Å². The molecule has 2 aromatic carbocycles. The second-order valence-electron chi connectivity index (χ2n) is 5.97. The van der Waals surface area contributed by atoms with Gasteiger partial charge in [-0.1, -0.05) is 30.0 Å². The Morgan fingerprint density at radius 2 is 1.77 bits per heavy atom. The summed E-state index contributed by atoms with van der Waals surface area (Å²) >= 11 is 1.34. The second kappa shape index (κ2) is 7.83. The average Bonchev–Trinajstić information content (AvgIpc) is 2.60. The highest BCUT2D eigenvalue weighted by atomic mass is 32.2. The van der Waals surface area contributed by atoms with E-state index in [0.29, 0.717) is 22.4 Å². The van der Waals surface area contributed by atoms with Crippen LogP contribution >= 0.6 is 11.8 Å². The van der Waals surface area contributed by atoms with Crippen molar-refractivity contribution in [1.82, 2.24) is 9.97 Å². The van der Waals surface area contributed by atoms with E-state index < -0.39 is 11.6 Å². The van der Waals surface area contributed by atoms with Crippen molar-refractivity contribution in [2.75, 3.05) is 0 Å². The molecule has 134 valence electrons. The molecule has 3 aromatic rings. The molecule has 0 amide bonds. The first-order valence-electron chi connectivity index (χ1n) is 8.09. The molecular weight excluding hydrogens is 354 g/mol. The average molecular weight is 372 g/mol. The maximum absolute atomic E-state index is 13.3. The zero-order valence-corrected chi connectivity index (χ0v) is 15.5. The molecule has 3 nitrogen and oxygen atoms in total. The summed E-state index contributed by atoms with van der Waals surface area (Å²) in [5.74, 6) is -0.0653. The topological polar surface area (TPSA) is 35.0 Å². The van der Waals surface area contributed by atoms with E-state index in [2.05, 4.69) is 9.97 Å². The Hall–Kier alpha value is -2.47. The van der Waals surface area contributed by atoms with Gasteiger partial charge in [0.1, 0.15) is 5.75 Å². The van der Waals surface area contributed by atoms with Crippen LogP contribution in [0.4, 0.5) is 8.78 Å². The molecule has 3 rings (SSSR count). The third-order valence-electron chi connectivity index (χ3n) is 3.93. The van der Waals surface area contributed by atoms with E-state index in [1.54, 1.807) is 12.1 Å². The van der Waals surface area contributed by atoms with Gasteiger partial charge >= 0.3 is 0 Å². The van der Waals surface area contributed by atoms with Gasteiger partial charge in [0.25, 0.3) is 0 Å². The molecule has 0 aliphatic carbocycles. The van der Waals surface area contributed by atoms with Gasteiger partial charge in [0.2, 0.25) is 5.88 Å². The van der Waals surface area contributed by atoms with Crippen LogP contribution in [0.3, 0.4) is 0 Å². The summed E-state index contributed by atoms with van der Waals surface area (Å²) in [6, 6.07) is 11.5. The molecule has 0 aliphatic rings. The molecule has 0 N–H and O–H groups in total. The van der Waals surface area contributed by atoms with Crippen LogP contribution in [-0.2, 0) is 5.75 Å². The van der Waals surface area contributed by atoms with Gasteiger partial charge in [0.15, 0.2) is 16.8 Å². The summed E-state index contributed by atoms with van der Waals surface area (Å²) in [6.07, 6.45) is 0. The second-order valence-corrected chi connectivity index (χ2v) is 6.91. The molecule has 0 spiro atoms. The van der Waals surface area contributed by atoms with Crippen molar-refractivity contribution in [3.63, 3.8) is 0 Å². The van der Waals surface area contributed by atoms with Crippen LogP contribution in [0.25, 0.3) is 0 Å². The lowest BCUT2D eigenvalue weighted by Gasteiger charge is -2.11. The summed E-state index contributed by atoms with van der Waals surface area (Å²) in [6.45, 7) is 5.88. The lowest BCUT2D eigenvalue weighted by Crippen LogP contribution is -1.97. The van der Waals surface area contributed by atoms with Gasteiger partial charge in [-0.15, -0.1) is 0 Å². The Balaban J connectivity index is 1.77. The SMILES string of the molecule is Cc1cc(Oc2cccc(C)c2C)nc(SCc2ccc(F)c(F)c2)n1. The van der Waals surface area contributed by atoms with Crippen LogP contribution < -0.4 is 4.74 Å². The van der Waals surface area contributed by atoms with Gasteiger partial charge in [0, 0.05) is 17.5 Å².